The van der Waals surface area contributed by atoms with Crippen molar-refractivity contribution in [3.05, 3.63) is 89.5 Å². The van der Waals surface area contributed by atoms with Crippen LogP contribution in [0.25, 0.3) is 22.9 Å². The molecule has 0 saturated carbocycles. The Hall–Kier alpha value is -3.93. The molecule has 4 aromatic rings. The molecule has 6 nitrogen and oxygen atoms in total. The van der Waals surface area contributed by atoms with Gasteiger partial charge in [-0.3, -0.25) is 4.79 Å². The third kappa shape index (κ3) is 4.86. The van der Waals surface area contributed by atoms with E-state index in [1.54, 1.807) is 12.1 Å². The first-order valence-electron chi connectivity index (χ1n) is 10.6. The molecule has 0 spiro atoms. The van der Waals surface area contributed by atoms with Crippen LogP contribution in [0.1, 0.15) is 41.4 Å². The quantitative estimate of drug-likeness (QED) is 0.415. The van der Waals surface area contributed by atoms with Gasteiger partial charge in [0.15, 0.2) is 0 Å². The fourth-order valence-electron chi connectivity index (χ4n) is 3.30. The van der Waals surface area contributed by atoms with Crippen molar-refractivity contribution in [2.45, 2.75) is 26.8 Å². The summed E-state index contributed by atoms with van der Waals surface area (Å²) in [6, 6.07) is 22.6. The number of benzene rings is 3. The van der Waals surface area contributed by atoms with E-state index in [2.05, 4.69) is 15.5 Å². The molecule has 1 atom stereocenters. The Bertz CT molecular complexity index is 1180. The maximum absolute atomic E-state index is 12.7. The second-order valence-corrected chi connectivity index (χ2v) is 7.55. The van der Waals surface area contributed by atoms with E-state index in [4.69, 9.17) is 9.15 Å². The fourth-order valence-corrected chi connectivity index (χ4v) is 3.30. The average Bonchev–Trinajstić information content (AvgIpc) is 3.30. The molecule has 0 aliphatic heterocycles. The minimum atomic E-state index is -0.149. The summed E-state index contributed by atoms with van der Waals surface area (Å²) in [6.07, 6.45) is 0. The van der Waals surface area contributed by atoms with Crippen LogP contribution < -0.4 is 10.1 Å². The van der Waals surface area contributed by atoms with E-state index >= 15 is 0 Å². The van der Waals surface area contributed by atoms with Crippen LogP contribution in [0.2, 0.25) is 0 Å². The topological polar surface area (TPSA) is 77.2 Å². The molecule has 162 valence electrons. The van der Waals surface area contributed by atoms with Crippen molar-refractivity contribution in [1.29, 1.82) is 0 Å². The number of ether oxygens (including phenoxy) is 1. The molecule has 4 rings (SSSR count). The standard InChI is InChI=1S/C26H25N3O3/c1-4-31-23-15-13-19(14-16-23)18(3)27-24(30)20-9-11-22(12-10-20)26-29-28-25(32-26)21-7-5-17(2)6-8-21/h5-16,18H,4H2,1-3H3,(H,27,30). The maximum Gasteiger partial charge on any atom is 0.251 e. The van der Waals surface area contributed by atoms with Crippen LogP contribution in [0.15, 0.2) is 77.2 Å². The van der Waals surface area contributed by atoms with E-state index < -0.39 is 0 Å². The molecule has 1 aromatic heterocycles. The van der Waals surface area contributed by atoms with Gasteiger partial charge in [-0.15, -0.1) is 10.2 Å². The Morgan fingerprint density at radius 2 is 1.47 bits per heavy atom. The molecule has 1 N–H and O–H groups in total. The van der Waals surface area contributed by atoms with E-state index in [1.165, 1.54) is 5.56 Å². The molecule has 0 fully saturated rings. The highest BCUT2D eigenvalue weighted by molar-refractivity contribution is 5.94. The summed E-state index contributed by atoms with van der Waals surface area (Å²) >= 11 is 0. The smallest absolute Gasteiger partial charge is 0.251 e. The van der Waals surface area contributed by atoms with E-state index in [9.17, 15) is 4.79 Å². The van der Waals surface area contributed by atoms with E-state index in [0.29, 0.717) is 24.0 Å². The van der Waals surface area contributed by atoms with Gasteiger partial charge in [0.05, 0.1) is 12.6 Å². The van der Waals surface area contributed by atoms with Gasteiger partial charge in [0.2, 0.25) is 11.8 Å². The largest absolute Gasteiger partial charge is 0.494 e. The number of hydrogen-bond donors (Lipinski definition) is 1. The Labute approximate surface area is 187 Å². The third-order valence-electron chi connectivity index (χ3n) is 5.16. The zero-order valence-corrected chi connectivity index (χ0v) is 18.3. The molecular formula is C26H25N3O3. The number of hydrogen-bond acceptors (Lipinski definition) is 5. The van der Waals surface area contributed by atoms with Crippen molar-refractivity contribution < 1.29 is 13.9 Å². The summed E-state index contributed by atoms with van der Waals surface area (Å²) in [7, 11) is 0. The number of nitrogens with one attached hydrogen (secondary N) is 1. The Morgan fingerprint density at radius 1 is 0.906 bits per heavy atom. The minimum Gasteiger partial charge on any atom is -0.494 e. The van der Waals surface area contributed by atoms with Crippen LogP contribution in [-0.2, 0) is 0 Å². The maximum atomic E-state index is 12.7. The first-order valence-corrected chi connectivity index (χ1v) is 10.6. The third-order valence-corrected chi connectivity index (χ3v) is 5.16. The van der Waals surface area contributed by atoms with Crippen LogP contribution in [0.4, 0.5) is 0 Å². The van der Waals surface area contributed by atoms with Gasteiger partial charge in [0.25, 0.3) is 5.91 Å². The second-order valence-electron chi connectivity index (χ2n) is 7.55. The predicted octanol–water partition coefficient (Wildman–Crippen LogP) is 5.60. The van der Waals surface area contributed by atoms with Crippen molar-refractivity contribution in [2.75, 3.05) is 6.61 Å². The Morgan fingerprint density at radius 3 is 2.03 bits per heavy atom. The van der Waals surface area contributed by atoms with Crippen LogP contribution in [0.3, 0.4) is 0 Å². The first-order chi connectivity index (χ1) is 15.5. The lowest BCUT2D eigenvalue weighted by atomic mass is 10.1. The van der Waals surface area contributed by atoms with Crippen LogP contribution in [0, 0.1) is 6.92 Å². The zero-order chi connectivity index (χ0) is 22.5. The second kappa shape index (κ2) is 9.47. The van der Waals surface area contributed by atoms with Gasteiger partial charge in [0.1, 0.15) is 5.75 Å². The monoisotopic (exact) mass is 427 g/mol. The first kappa shape index (κ1) is 21.3. The van der Waals surface area contributed by atoms with Crippen molar-refractivity contribution in [2.24, 2.45) is 0 Å². The van der Waals surface area contributed by atoms with Crippen molar-refractivity contribution in [3.8, 4) is 28.7 Å². The molecule has 3 aromatic carbocycles. The molecule has 6 heteroatoms. The molecule has 0 saturated heterocycles. The van der Waals surface area contributed by atoms with Gasteiger partial charge in [-0.2, -0.15) is 0 Å². The van der Waals surface area contributed by atoms with Crippen molar-refractivity contribution >= 4 is 5.91 Å². The van der Waals surface area contributed by atoms with E-state index in [1.807, 2.05) is 81.4 Å². The number of amides is 1. The minimum absolute atomic E-state index is 0.133. The molecule has 1 unspecified atom stereocenters. The van der Waals surface area contributed by atoms with Crippen LogP contribution >= 0.6 is 0 Å². The number of carbonyl (C=O) groups excluding carboxylic acids is 1. The van der Waals surface area contributed by atoms with E-state index in [-0.39, 0.29) is 11.9 Å². The van der Waals surface area contributed by atoms with Crippen molar-refractivity contribution in [3.63, 3.8) is 0 Å². The number of rotatable bonds is 7. The van der Waals surface area contributed by atoms with Crippen molar-refractivity contribution in [1.82, 2.24) is 15.5 Å². The summed E-state index contributed by atoms with van der Waals surface area (Å²) in [5, 5.41) is 11.3. The number of nitrogens with zero attached hydrogens (tertiary/aromatic N) is 2. The SMILES string of the molecule is CCOc1ccc(C(C)NC(=O)c2ccc(-c3nnc(-c4ccc(C)cc4)o3)cc2)cc1. The lowest BCUT2D eigenvalue weighted by Crippen LogP contribution is -2.26. The average molecular weight is 428 g/mol. The summed E-state index contributed by atoms with van der Waals surface area (Å²) in [4.78, 5) is 12.7. The summed E-state index contributed by atoms with van der Waals surface area (Å²) in [6.45, 7) is 6.55. The number of aromatic nitrogens is 2. The highest BCUT2D eigenvalue weighted by atomic mass is 16.5. The summed E-state index contributed by atoms with van der Waals surface area (Å²) < 4.78 is 11.3. The van der Waals surface area contributed by atoms with Gasteiger partial charge in [-0.1, -0.05) is 29.8 Å². The van der Waals surface area contributed by atoms with E-state index in [0.717, 1.165) is 22.4 Å². The molecule has 0 aliphatic rings. The molecule has 1 amide bonds. The van der Waals surface area contributed by atoms with Crippen LogP contribution in [0.5, 0.6) is 5.75 Å². The number of aryl methyl sites for hydroxylation is 1. The highest BCUT2D eigenvalue weighted by Gasteiger charge is 2.14. The zero-order valence-electron chi connectivity index (χ0n) is 18.3. The molecular weight excluding hydrogens is 402 g/mol. The summed E-state index contributed by atoms with van der Waals surface area (Å²) in [5.74, 6) is 1.54. The van der Waals surface area contributed by atoms with Crippen LogP contribution in [-0.4, -0.2) is 22.7 Å². The molecule has 0 aliphatic carbocycles. The fraction of sp³-hybridized carbons (Fsp3) is 0.192. The Kier molecular flexibility index (Phi) is 6.31. The van der Waals surface area contributed by atoms with Gasteiger partial charge in [0, 0.05) is 16.7 Å². The summed E-state index contributed by atoms with van der Waals surface area (Å²) in [5.41, 5.74) is 4.36. The lowest BCUT2D eigenvalue weighted by Gasteiger charge is -2.15. The molecule has 32 heavy (non-hydrogen) atoms. The predicted molar refractivity (Wildman–Crippen MR) is 123 cm³/mol. The Balaban J connectivity index is 1.42. The molecule has 0 radical (unpaired) electrons. The van der Waals surface area contributed by atoms with Gasteiger partial charge in [-0.05, 0) is 74.9 Å². The van der Waals surface area contributed by atoms with Gasteiger partial charge >= 0.3 is 0 Å². The molecule has 1 heterocycles. The lowest BCUT2D eigenvalue weighted by molar-refractivity contribution is 0.0940. The molecule has 0 bridgehead atoms. The van der Waals surface area contributed by atoms with Gasteiger partial charge in [-0.25, -0.2) is 0 Å². The normalized spacial score (nSPS) is 11.7. The number of carbonyl (C=O) groups is 1. The van der Waals surface area contributed by atoms with Gasteiger partial charge < -0.3 is 14.5 Å². The highest BCUT2D eigenvalue weighted by Crippen LogP contribution is 2.25.